The fraction of sp³-hybridized carbons (Fsp3) is 0.235. The molecule has 1 amide bonds. The van der Waals surface area contributed by atoms with Crippen molar-refractivity contribution in [1.82, 2.24) is 19.7 Å². The Bertz CT molecular complexity index is 890. The molecule has 8 heteroatoms. The average molecular weight is 348 g/mol. The zero-order valence-corrected chi connectivity index (χ0v) is 13.3. The Morgan fingerprint density at radius 2 is 2.08 bits per heavy atom. The highest BCUT2D eigenvalue weighted by atomic mass is 19.4. The second-order valence-electron chi connectivity index (χ2n) is 5.58. The summed E-state index contributed by atoms with van der Waals surface area (Å²) in [6.07, 6.45) is -0.629. The summed E-state index contributed by atoms with van der Waals surface area (Å²) in [7, 11) is 0. The first-order valence-electron chi connectivity index (χ1n) is 7.55. The number of alkyl halides is 3. The van der Waals surface area contributed by atoms with E-state index in [1.54, 1.807) is 35.7 Å². The lowest BCUT2D eigenvalue weighted by molar-refractivity contribution is -0.163. The molecule has 0 fully saturated rings. The van der Waals surface area contributed by atoms with Gasteiger partial charge in [0, 0.05) is 24.2 Å². The molecule has 3 aromatic rings. The first kappa shape index (κ1) is 16.9. The number of hydrogen-bond donors (Lipinski definition) is 1. The van der Waals surface area contributed by atoms with Gasteiger partial charge in [-0.3, -0.25) is 9.78 Å². The number of carbonyl (C=O) groups excluding carboxylic acids is 1. The average Bonchev–Trinajstić information content (AvgIpc) is 2.88. The van der Waals surface area contributed by atoms with Gasteiger partial charge in [0.15, 0.2) is 6.04 Å². The van der Waals surface area contributed by atoms with E-state index in [1.165, 1.54) is 18.3 Å². The van der Waals surface area contributed by atoms with Crippen LogP contribution in [0, 0.1) is 6.92 Å². The van der Waals surface area contributed by atoms with E-state index >= 15 is 0 Å². The molecule has 1 N–H and O–H groups in total. The summed E-state index contributed by atoms with van der Waals surface area (Å²) in [6.45, 7) is 1.72. The Kier molecular flexibility index (Phi) is 4.43. The predicted octanol–water partition coefficient (Wildman–Crippen LogP) is 3.00. The monoisotopic (exact) mass is 348 g/mol. The first-order valence-corrected chi connectivity index (χ1v) is 7.55. The number of carbonyl (C=O) groups is 1. The van der Waals surface area contributed by atoms with Gasteiger partial charge in [-0.2, -0.15) is 13.2 Å². The van der Waals surface area contributed by atoms with Gasteiger partial charge in [-0.15, -0.1) is 0 Å². The Hall–Kier alpha value is -2.90. The van der Waals surface area contributed by atoms with Crippen molar-refractivity contribution in [3.05, 3.63) is 65.9 Å². The van der Waals surface area contributed by atoms with Gasteiger partial charge >= 0.3 is 6.18 Å². The largest absolute Gasteiger partial charge is 0.412 e. The molecule has 3 rings (SSSR count). The summed E-state index contributed by atoms with van der Waals surface area (Å²) in [5, 5.41) is 2.06. The van der Waals surface area contributed by atoms with Crippen molar-refractivity contribution in [3.8, 4) is 0 Å². The van der Waals surface area contributed by atoms with E-state index < -0.39 is 18.1 Å². The first-order chi connectivity index (χ1) is 11.9. The van der Waals surface area contributed by atoms with Crippen molar-refractivity contribution >= 4 is 11.6 Å². The van der Waals surface area contributed by atoms with Crippen molar-refractivity contribution in [1.29, 1.82) is 0 Å². The molecule has 25 heavy (non-hydrogen) atoms. The van der Waals surface area contributed by atoms with E-state index in [0.29, 0.717) is 17.0 Å². The van der Waals surface area contributed by atoms with Gasteiger partial charge in [0.1, 0.15) is 5.65 Å². The molecule has 0 aliphatic heterocycles. The number of amides is 1. The van der Waals surface area contributed by atoms with E-state index in [9.17, 15) is 18.0 Å². The maximum atomic E-state index is 13.3. The quantitative estimate of drug-likeness (QED) is 0.789. The van der Waals surface area contributed by atoms with E-state index in [2.05, 4.69) is 15.3 Å². The van der Waals surface area contributed by atoms with E-state index in [-0.39, 0.29) is 12.0 Å². The van der Waals surface area contributed by atoms with Crippen molar-refractivity contribution in [2.45, 2.75) is 25.6 Å². The zero-order chi connectivity index (χ0) is 18.0. The number of hydrogen-bond acceptors (Lipinski definition) is 3. The smallest absolute Gasteiger partial charge is 0.340 e. The van der Waals surface area contributed by atoms with Gasteiger partial charge in [0.05, 0.1) is 17.8 Å². The Morgan fingerprint density at radius 1 is 1.28 bits per heavy atom. The minimum Gasteiger partial charge on any atom is -0.340 e. The molecule has 0 aliphatic carbocycles. The Morgan fingerprint density at radius 3 is 2.76 bits per heavy atom. The van der Waals surface area contributed by atoms with Crippen molar-refractivity contribution < 1.29 is 18.0 Å². The SMILES string of the molecule is Cc1nc2ccccn2c1CC(=O)N[C@H](c1cccnc1)C(F)(F)F. The van der Waals surface area contributed by atoms with Crippen molar-refractivity contribution in [2.75, 3.05) is 0 Å². The molecule has 0 spiro atoms. The maximum absolute atomic E-state index is 13.3. The van der Waals surface area contributed by atoms with Gasteiger partial charge in [0.25, 0.3) is 0 Å². The molecule has 0 bridgehead atoms. The van der Waals surface area contributed by atoms with E-state index in [0.717, 1.165) is 6.20 Å². The number of nitrogens with zero attached hydrogens (tertiary/aromatic N) is 3. The zero-order valence-electron chi connectivity index (χ0n) is 13.3. The molecule has 5 nitrogen and oxygen atoms in total. The van der Waals surface area contributed by atoms with Crippen LogP contribution in [0.3, 0.4) is 0 Å². The number of halogens is 3. The second kappa shape index (κ2) is 6.54. The van der Waals surface area contributed by atoms with Crippen LogP contribution in [0.15, 0.2) is 48.9 Å². The highest BCUT2D eigenvalue weighted by molar-refractivity contribution is 5.79. The van der Waals surface area contributed by atoms with Gasteiger partial charge < -0.3 is 9.72 Å². The van der Waals surface area contributed by atoms with Crippen LogP contribution in [-0.2, 0) is 11.2 Å². The molecule has 3 aromatic heterocycles. The lowest BCUT2D eigenvalue weighted by Crippen LogP contribution is -2.39. The van der Waals surface area contributed by atoms with Gasteiger partial charge in [-0.05, 0) is 25.1 Å². The molecule has 130 valence electrons. The lowest BCUT2D eigenvalue weighted by atomic mass is 10.1. The van der Waals surface area contributed by atoms with Crippen LogP contribution >= 0.6 is 0 Å². The second-order valence-corrected chi connectivity index (χ2v) is 5.58. The minimum absolute atomic E-state index is 0.113. The van der Waals surface area contributed by atoms with Crippen LogP contribution in [0.2, 0.25) is 0 Å². The fourth-order valence-electron chi connectivity index (χ4n) is 2.64. The molecular formula is C17H15F3N4O. The number of pyridine rings is 2. The van der Waals surface area contributed by atoms with Crippen LogP contribution < -0.4 is 5.32 Å². The summed E-state index contributed by atoms with van der Waals surface area (Å²) in [4.78, 5) is 20.3. The molecule has 0 saturated heterocycles. The van der Waals surface area contributed by atoms with E-state index in [1.807, 2.05) is 0 Å². The number of nitrogens with one attached hydrogen (secondary N) is 1. The summed E-state index contributed by atoms with van der Waals surface area (Å²) in [6, 6.07) is 5.91. The molecule has 0 unspecified atom stereocenters. The number of fused-ring (bicyclic) bond motifs is 1. The third kappa shape index (κ3) is 3.62. The van der Waals surface area contributed by atoms with Crippen LogP contribution in [-0.4, -0.2) is 26.5 Å². The normalized spacial score (nSPS) is 13.0. The summed E-state index contributed by atoms with van der Waals surface area (Å²) < 4.78 is 41.6. The number of rotatable bonds is 4. The third-order valence-corrected chi connectivity index (χ3v) is 3.81. The lowest BCUT2D eigenvalue weighted by Gasteiger charge is -2.21. The van der Waals surface area contributed by atoms with Crippen LogP contribution in [0.25, 0.3) is 5.65 Å². The van der Waals surface area contributed by atoms with Crippen LogP contribution in [0.1, 0.15) is 23.0 Å². The van der Waals surface area contributed by atoms with Gasteiger partial charge in [-0.25, -0.2) is 4.98 Å². The molecule has 0 radical (unpaired) electrons. The standard InChI is InChI=1S/C17H15F3N4O/c1-11-13(24-8-3-2-6-14(24)22-11)9-15(25)23-16(17(18,19)20)12-5-4-7-21-10-12/h2-8,10,16H,9H2,1H3,(H,23,25)/t16-/m1/s1. The number of aryl methyl sites for hydroxylation is 1. The van der Waals surface area contributed by atoms with Crippen molar-refractivity contribution in [2.24, 2.45) is 0 Å². The van der Waals surface area contributed by atoms with Gasteiger partial charge in [0.2, 0.25) is 5.91 Å². The molecular weight excluding hydrogens is 333 g/mol. The molecule has 0 aliphatic rings. The summed E-state index contributed by atoms with van der Waals surface area (Å²) in [5.74, 6) is -0.736. The van der Waals surface area contributed by atoms with E-state index in [4.69, 9.17) is 0 Å². The van der Waals surface area contributed by atoms with Crippen molar-refractivity contribution in [3.63, 3.8) is 0 Å². The topological polar surface area (TPSA) is 59.3 Å². The van der Waals surface area contributed by atoms with Crippen LogP contribution in [0.4, 0.5) is 13.2 Å². The summed E-state index contributed by atoms with van der Waals surface area (Å²) >= 11 is 0. The highest BCUT2D eigenvalue weighted by Gasteiger charge is 2.42. The Balaban J connectivity index is 1.84. The highest BCUT2D eigenvalue weighted by Crippen LogP contribution is 2.32. The maximum Gasteiger partial charge on any atom is 0.412 e. The van der Waals surface area contributed by atoms with Gasteiger partial charge in [-0.1, -0.05) is 12.1 Å². The molecule has 0 saturated carbocycles. The fourth-order valence-corrected chi connectivity index (χ4v) is 2.64. The minimum atomic E-state index is -4.62. The number of imidazole rings is 1. The molecule has 1 atom stereocenters. The number of aromatic nitrogens is 3. The predicted molar refractivity (Wildman–Crippen MR) is 84.8 cm³/mol. The summed E-state index contributed by atoms with van der Waals surface area (Å²) in [5.41, 5.74) is 1.69. The Labute approximate surface area is 141 Å². The third-order valence-electron chi connectivity index (χ3n) is 3.81. The molecule has 3 heterocycles. The van der Waals surface area contributed by atoms with Crippen LogP contribution in [0.5, 0.6) is 0 Å². The molecule has 0 aromatic carbocycles.